The summed E-state index contributed by atoms with van der Waals surface area (Å²) in [4.78, 5) is 11.8. The van der Waals surface area contributed by atoms with Crippen LogP contribution in [0.1, 0.15) is 30.4 Å². The number of ketones is 1. The number of aryl methyl sites for hydroxylation is 1. The van der Waals surface area contributed by atoms with E-state index in [-0.39, 0.29) is 24.7 Å². The Balaban J connectivity index is 2.01. The van der Waals surface area contributed by atoms with Gasteiger partial charge in [0.15, 0.2) is 0 Å². The molecule has 0 aromatic heterocycles. The van der Waals surface area contributed by atoms with Crippen LogP contribution in [-0.4, -0.2) is 18.4 Å². The monoisotopic (exact) mass is 289 g/mol. The Kier molecular flexibility index (Phi) is 4.42. The van der Waals surface area contributed by atoms with Crippen molar-refractivity contribution in [2.24, 2.45) is 0 Å². The highest BCUT2D eigenvalue weighted by Crippen LogP contribution is 2.32. The molecule has 2 rings (SSSR count). The maximum Gasteiger partial charge on any atom is 0.419 e. The summed E-state index contributed by atoms with van der Waals surface area (Å²) in [5, 5.41) is 3.05. The Hall–Kier alpha value is -1.43. The van der Waals surface area contributed by atoms with Crippen molar-refractivity contribution in [3.8, 4) is 0 Å². The molecule has 0 bridgehead atoms. The molecule has 0 radical (unpaired) electrons. The van der Waals surface area contributed by atoms with Gasteiger partial charge in [0.1, 0.15) is 11.6 Å². The van der Waals surface area contributed by atoms with Crippen LogP contribution in [0.25, 0.3) is 0 Å². The van der Waals surface area contributed by atoms with E-state index in [1.54, 1.807) is 0 Å². The molecule has 1 saturated heterocycles. The van der Waals surface area contributed by atoms with E-state index in [2.05, 4.69) is 5.32 Å². The fourth-order valence-electron chi connectivity index (χ4n) is 2.35. The summed E-state index contributed by atoms with van der Waals surface area (Å²) in [6, 6.07) is 2.69. The van der Waals surface area contributed by atoms with E-state index >= 15 is 0 Å². The maximum atomic E-state index is 13.1. The first-order chi connectivity index (χ1) is 9.38. The van der Waals surface area contributed by atoms with Crippen LogP contribution in [0.2, 0.25) is 0 Å². The van der Waals surface area contributed by atoms with Gasteiger partial charge in [0.05, 0.1) is 11.6 Å². The summed E-state index contributed by atoms with van der Waals surface area (Å²) in [7, 11) is 0. The number of rotatable bonds is 4. The Morgan fingerprint density at radius 3 is 2.70 bits per heavy atom. The molecule has 20 heavy (non-hydrogen) atoms. The largest absolute Gasteiger partial charge is 0.419 e. The van der Waals surface area contributed by atoms with Crippen LogP contribution in [0, 0.1) is 5.82 Å². The number of hydrogen-bond acceptors (Lipinski definition) is 2. The maximum absolute atomic E-state index is 13.1. The van der Waals surface area contributed by atoms with Crippen molar-refractivity contribution in [2.45, 2.75) is 37.9 Å². The summed E-state index contributed by atoms with van der Waals surface area (Å²) in [6.07, 6.45) is -2.64. The second kappa shape index (κ2) is 5.91. The van der Waals surface area contributed by atoms with Crippen LogP contribution in [-0.2, 0) is 17.4 Å². The van der Waals surface area contributed by atoms with Crippen molar-refractivity contribution < 1.29 is 22.4 Å². The minimum absolute atomic E-state index is 0.000355. The van der Waals surface area contributed by atoms with Gasteiger partial charge in [-0.25, -0.2) is 4.39 Å². The van der Waals surface area contributed by atoms with E-state index in [0.717, 1.165) is 31.5 Å². The zero-order chi connectivity index (χ0) is 14.8. The summed E-state index contributed by atoms with van der Waals surface area (Å²) < 4.78 is 50.8. The molecule has 1 aliphatic heterocycles. The summed E-state index contributed by atoms with van der Waals surface area (Å²) >= 11 is 0. The van der Waals surface area contributed by atoms with Crippen molar-refractivity contribution in [1.29, 1.82) is 0 Å². The van der Waals surface area contributed by atoms with Crippen LogP contribution in [0.15, 0.2) is 18.2 Å². The molecule has 1 N–H and O–H groups in total. The average molecular weight is 289 g/mol. The van der Waals surface area contributed by atoms with Gasteiger partial charge in [-0.3, -0.25) is 4.79 Å². The van der Waals surface area contributed by atoms with Crippen molar-refractivity contribution in [3.05, 3.63) is 35.1 Å². The molecule has 0 spiro atoms. The summed E-state index contributed by atoms with van der Waals surface area (Å²) in [5.41, 5.74) is -0.952. The van der Waals surface area contributed by atoms with Gasteiger partial charge in [-0.05, 0) is 43.5 Å². The molecule has 2 nitrogen and oxygen atoms in total. The predicted molar refractivity (Wildman–Crippen MR) is 65.8 cm³/mol. The van der Waals surface area contributed by atoms with E-state index in [0.29, 0.717) is 5.56 Å². The van der Waals surface area contributed by atoms with Gasteiger partial charge in [-0.2, -0.15) is 13.2 Å². The highest BCUT2D eigenvalue weighted by Gasteiger charge is 2.34. The quantitative estimate of drug-likeness (QED) is 0.863. The molecule has 0 saturated carbocycles. The van der Waals surface area contributed by atoms with Gasteiger partial charge in [-0.1, -0.05) is 6.07 Å². The molecule has 1 fully saturated rings. The number of halogens is 4. The molecule has 1 atom stereocenters. The third kappa shape index (κ3) is 3.56. The minimum Gasteiger partial charge on any atom is -0.307 e. The van der Waals surface area contributed by atoms with Crippen molar-refractivity contribution in [1.82, 2.24) is 5.32 Å². The lowest BCUT2D eigenvalue weighted by Crippen LogP contribution is -2.30. The highest BCUT2D eigenvalue weighted by molar-refractivity contribution is 5.84. The van der Waals surface area contributed by atoms with E-state index in [4.69, 9.17) is 0 Å². The number of alkyl halides is 3. The molecule has 1 aliphatic rings. The lowest BCUT2D eigenvalue weighted by Gasteiger charge is -2.11. The third-order valence-corrected chi connectivity index (χ3v) is 3.45. The predicted octanol–water partition coefficient (Wildman–Crippen LogP) is 3.10. The zero-order valence-corrected chi connectivity index (χ0v) is 10.8. The number of carbonyl (C=O) groups is 1. The number of carbonyl (C=O) groups excluding carboxylic acids is 1. The van der Waals surface area contributed by atoms with E-state index < -0.39 is 17.6 Å². The van der Waals surface area contributed by atoms with Crippen LogP contribution < -0.4 is 5.32 Å². The molecule has 1 aromatic carbocycles. The Labute approximate surface area is 114 Å². The lowest BCUT2D eigenvalue weighted by molar-refractivity contribution is -0.140. The fraction of sp³-hybridized carbons (Fsp3) is 0.500. The van der Waals surface area contributed by atoms with Gasteiger partial charge in [0.25, 0.3) is 0 Å². The van der Waals surface area contributed by atoms with E-state index in [9.17, 15) is 22.4 Å². The molecule has 0 unspecified atom stereocenters. The van der Waals surface area contributed by atoms with E-state index in [1.807, 2.05) is 0 Å². The first kappa shape index (κ1) is 15.0. The van der Waals surface area contributed by atoms with Crippen LogP contribution in [0.4, 0.5) is 17.6 Å². The topological polar surface area (TPSA) is 29.1 Å². The second-order valence-corrected chi connectivity index (χ2v) is 4.93. The van der Waals surface area contributed by atoms with Gasteiger partial charge in [-0.15, -0.1) is 0 Å². The Morgan fingerprint density at radius 2 is 2.10 bits per heavy atom. The standard InChI is InChI=1S/C14H15F4NO/c15-11-5-3-9(8-10(11)14(16,17)18)4-6-13(20)12-2-1-7-19-12/h3,5,8,12,19H,1-2,4,6-7H2/t12-/m0/s1. The van der Waals surface area contributed by atoms with Crippen molar-refractivity contribution >= 4 is 5.78 Å². The van der Waals surface area contributed by atoms with Gasteiger partial charge in [0.2, 0.25) is 0 Å². The first-order valence-corrected chi connectivity index (χ1v) is 6.49. The number of hydrogen-bond donors (Lipinski definition) is 1. The molecule has 110 valence electrons. The molecule has 1 aromatic rings. The van der Waals surface area contributed by atoms with Crippen LogP contribution in [0.3, 0.4) is 0 Å². The van der Waals surface area contributed by atoms with Crippen molar-refractivity contribution in [2.75, 3.05) is 6.54 Å². The molecular formula is C14H15F4NO. The van der Waals surface area contributed by atoms with Crippen molar-refractivity contribution in [3.63, 3.8) is 0 Å². The Morgan fingerprint density at radius 1 is 1.35 bits per heavy atom. The van der Waals surface area contributed by atoms with E-state index in [1.165, 1.54) is 6.07 Å². The minimum atomic E-state index is -4.71. The molecule has 0 amide bonds. The first-order valence-electron chi connectivity index (χ1n) is 6.49. The van der Waals surface area contributed by atoms with Gasteiger partial charge < -0.3 is 5.32 Å². The molecule has 1 heterocycles. The zero-order valence-electron chi connectivity index (χ0n) is 10.8. The van der Waals surface area contributed by atoms with Crippen LogP contribution >= 0.6 is 0 Å². The van der Waals surface area contributed by atoms with Crippen LogP contribution in [0.5, 0.6) is 0 Å². The SMILES string of the molecule is O=C(CCc1ccc(F)c(C(F)(F)F)c1)[C@@H]1CCCN1. The van der Waals surface area contributed by atoms with Gasteiger partial charge in [0, 0.05) is 6.42 Å². The summed E-state index contributed by atoms with van der Waals surface area (Å²) in [6.45, 7) is 0.797. The second-order valence-electron chi connectivity index (χ2n) is 4.93. The lowest BCUT2D eigenvalue weighted by atomic mass is 10.0. The smallest absolute Gasteiger partial charge is 0.307 e. The molecular weight excluding hydrogens is 274 g/mol. The molecule has 6 heteroatoms. The fourth-order valence-corrected chi connectivity index (χ4v) is 2.35. The highest BCUT2D eigenvalue weighted by atomic mass is 19.4. The number of Topliss-reactive ketones (excluding diaryl/α,β-unsaturated/α-hetero) is 1. The Bertz CT molecular complexity index is 492. The summed E-state index contributed by atoms with van der Waals surface area (Å²) in [5.74, 6) is -1.29. The third-order valence-electron chi connectivity index (χ3n) is 3.45. The number of benzene rings is 1. The number of nitrogens with one attached hydrogen (secondary N) is 1. The average Bonchev–Trinajstić information content (AvgIpc) is 2.90. The van der Waals surface area contributed by atoms with Gasteiger partial charge >= 0.3 is 6.18 Å². The normalized spacial score (nSPS) is 19.3. The molecule has 0 aliphatic carbocycles.